The number of hydrogen-bond acceptors (Lipinski definition) is 4. The zero-order chi connectivity index (χ0) is 15.9. The molecule has 0 atom stereocenters. The molecule has 0 bridgehead atoms. The maximum Gasteiger partial charge on any atom is 0.257 e. The number of aryl methyl sites for hydroxylation is 1. The number of sulfonamides is 1. The number of nitrogens with zero attached hydrogens (tertiary/aromatic N) is 4. The Morgan fingerprint density at radius 1 is 1.27 bits per heavy atom. The van der Waals surface area contributed by atoms with Gasteiger partial charge < -0.3 is 4.90 Å². The van der Waals surface area contributed by atoms with E-state index in [2.05, 4.69) is 5.10 Å². The lowest BCUT2D eigenvalue weighted by Gasteiger charge is -2.33. The number of carbonyl (C=O) groups excluding carboxylic acids is 1. The molecule has 0 radical (unpaired) electrons. The monoisotopic (exact) mass is 326 g/mol. The molecule has 0 spiro atoms. The second-order valence-electron chi connectivity index (χ2n) is 5.93. The Kier molecular flexibility index (Phi) is 3.98. The van der Waals surface area contributed by atoms with E-state index in [1.165, 1.54) is 4.31 Å². The third-order valence-electron chi connectivity index (χ3n) is 4.46. The first kappa shape index (κ1) is 15.5. The zero-order valence-corrected chi connectivity index (χ0v) is 13.8. The highest BCUT2D eigenvalue weighted by molar-refractivity contribution is 7.89. The molecular formula is C14H22N4O3S. The second-order valence-corrected chi connectivity index (χ2v) is 8.19. The van der Waals surface area contributed by atoms with E-state index in [1.807, 2.05) is 7.05 Å². The highest BCUT2D eigenvalue weighted by atomic mass is 32.2. The minimum atomic E-state index is -3.16. The van der Waals surface area contributed by atoms with Crippen molar-refractivity contribution < 1.29 is 13.2 Å². The summed E-state index contributed by atoms with van der Waals surface area (Å²) in [7, 11) is -1.29. The molecule has 0 N–H and O–H groups in total. The predicted molar refractivity (Wildman–Crippen MR) is 82.1 cm³/mol. The molecular weight excluding hydrogens is 304 g/mol. The molecule has 3 rings (SSSR count). The summed E-state index contributed by atoms with van der Waals surface area (Å²) in [6.07, 6.45) is 3.87. The van der Waals surface area contributed by atoms with E-state index in [-0.39, 0.29) is 11.7 Å². The summed E-state index contributed by atoms with van der Waals surface area (Å²) in [6.45, 7) is 3.28. The van der Waals surface area contributed by atoms with E-state index in [9.17, 15) is 13.2 Å². The molecule has 22 heavy (non-hydrogen) atoms. The van der Waals surface area contributed by atoms with Crippen molar-refractivity contribution in [2.45, 2.75) is 25.7 Å². The molecule has 1 aliphatic carbocycles. The minimum absolute atomic E-state index is 0.0245. The number of aromatic nitrogens is 2. The van der Waals surface area contributed by atoms with Crippen molar-refractivity contribution in [2.24, 2.45) is 7.05 Å². The Morgan fingerprint density at radius 2 is 1.91 bits per heavy atom. The Labute approximate surface area is 130 Å². The SMILES string of the molecule is CCS(=O)(=O)N1CCN(C(=O)c2cnn(C)c2C2CC2)CC1. The van der Waals surface area contributed by atoms with E-state index in [0.29, 0.717) is 37.7 Å². The highest BCUT2D eigenvalue weighted by Crippen LogP contribution is 2.41. The van der Waals surface area contributed by atoms with Crippen LogP contribution in [0.5, 0.6) is 0 Å². The number of rotatable bonds is 4. The van der Waals surface area contributed by atoms with Crippen LogP contribution < -0.4 is 0 Å². The standard InChI is InChI=1S/C14H22N4O3S/c1-3-22(20,21)18-8-6-17(7-9-18)14(19)12-10-15-16(2)13(12)11-4-5-11/h10-11H,3-9H2,1-2H3. The normalized spacial score (nSPS) is 20.4. The maximum atomic E-state index is 12.7. The van der Waals surface area contributed by atoms with Gasteiger partial charge in [0.05, 0.1) is 23.2 Å². The van der Waals surface area contributed by atoms with Crippen LogP contribution in [-0.4, -0.2) is 65.2 Å². The Hall–Kier alpha value is -1.41. The quantitative estimate of drug-likeness (QED) is 0.803. The molecule has 122 valence electrons. The van der Waals surface area contributed by atoms with Crippen LogP contribution in [0.25, 0.3) is 0 Å². The van der Waals surface area contributed by atoms with Crippen LogP contribution >= 0.6 is 0 Å². The van der Waals surface area contributed by atoms with Gasteiger partial charge >= 0.3 is 0 Å². The van der Waals surface area contributed by atoms with Gasteiger partial charge in [-0.1, -0.05) is 0 Å². The van der Waals surface area contributed by atoms with Crippen LogP contribution in [0, 0.1) is 0 Å². The fourth-order valence-corrected chi connectivity index (χ4v) is 4.06. The number of carbonyl (C=O) groups is 1. The van der Waals surface area contributed by atoms with Gasteiger partial charge in [-0.25, -0.2) is 8.42 Å². The van der Waals surface area contributed by atoms with Crippen LogP contribution in [0.4, 0.5) is 0 Å². The van der Waals surface area contributed by atoms with E-state index >= 15 is 0 Å². The summed E-state index contributed by atoms with van der Waals surface area (Å²) in [5, 5.41) is 4.22. The molecule has 2 heterocycles. The Balaban J connectivity index is 1.70. The van der Waals surface area contributed by atoms with Gasteiger partial charge in [0, 0.05) is 39.1 Å². The van der Waals surface area contributed by atoms with Crippen LogP contribution in [-0.2, 0) is 17.1 Å². The highest BCUT2D eigenvalue weighted by Gasteiger charge is 2.34. The molecule has 0 unspecified atom stereocenters. The molecule has 2 aliphatic rings. The predicted octanol–water partition coefficient (Wildman–Crippen LogP) is 0.405. The first-order chi connectivity index (χ1) is 10.4. The second kappa shape index (κ2) is 5.66. The van der Waals surface area contributed by atoms with Crippen molar-refractivity contribution in [3.8, 4) is 0 Å². The molecule has 1 aliphatic heterocycles. The molecule has 1 saturated carbocycles. The third kappa shape index (κ3) is 2.77. The molecule has 1 aromatic heterocycles. The summed E-state index contributed by atoms with van der Waals surface area (Å²) in [5.41, 5.74) is 1.70. The van der Waals surface area contributed by atoms with Gasteiger partial charge in [-0.3, -0.25) is 9.48 Å². The summed E-state index contributed by atoms with van der Waals surface area (Å²) in [5.74, 6) is 0.534. The Bertz CT molecular complexity index is 670. The topological polar surface area (TPSA) is 75.5 Å². The van der Waals surface area contributed by atoms with Gasteiger partial charge in [0.2, 0.25) is 10.0 Å². The van der Waals surface area contributed by atoms with E-state index in [0.717, 1.165) is 18.5 Å². The number of amides is 1. The van der Waals surface area contributed by atoms with E-state index in [4.69, 9.17) is 0 Å². The summed E-state index contributed by atoms with van der Waals surface area (Å²) in [4.78, 5) is 14.4. The maximum absolute atomic E-state index is 12.7. The van der Waals surface area contributed by atoms with Crippen molar-refractivity contribution in [2.75, 3.05) is 31.9 Å². The van der Waals surface area contributed by atoms with Crippen molar-refractivity contribution in [1.82, 2.24) is 19.0 Å². The van der Waals surface area contributed by atoms with Crippen LogP contribution in [0.3, 0.4) is 0 Å². The molecule has 8 heteroatoms. The fourth-order valence-electron chi connectivity index (χ4n) is 2.97. The molecule has 1 aromatic rings. The summed E-state index contributed by atoms with van der Waals surface area (Å²) < 4.78 is 27.0. The van der Waals surface area contributed by atoms with Gasteiger partial charge in [0.25, 0.3) is 5.91 Å². The molecule has 7 nitrogen and oxygen atoms in total. The van der Waals surface area contributed by atoms with Crippen molar-refractivity contribution in [3.05, 3.63) is 17.5 Å². The number of piperazine rings is 1. The largest absolute Gasteiger partial charge is 0.336 e. The average Bonchev–Trinajstić information content (AvgIpc) is 3.29. The van der Waals surface area contributed by atoms with Crippen LogP contribution in [0.15, 0.2) is 6.20 Å². The Morgan fingerprint density at radius 3 is 2.45 bits per heavy atom. The van der Waals surface area contributed by atoms with Gasteiger partial charge in [0.15, 0.2) is 0 Å². The molecule has 0 aromatic carbocycles. The third-order valence-corrected chi connectivity index (χ3v) is 6.34. The van der Waals surface area contributed by atoms with Gasteiger partial charge in [-0.05, 0) is 19.8 Å². The van der Waals surface area contributed by atoms with Crippen LogP contribution in [0.1, 0.15) is 41.7 Å². The number of hydrogen-bond donors (Lipinski definition) is 0. The van der Waals surface area contributed by atoms with Crippen LogP contribution in [0.2, 0.25) is 0 Å². The fraction of sp³-hybridized carbons (Fsp3) is 0.714. The lowest BCUT2D eigenvalue weighted by Crippen LogP contribution is -2.51. The first-order valence-electron chi connectivity index (χ1n) is 7.73. The van der Waals surface area contributed by atoms with Gasteiger partial charge in [-0.2, -0.15) is 9.40 Å². The van der Waals surface area contributed by atoms with E-state index in [1.54, 1.807) is 22.7 Å². The zero-order valence-electron chi connectivity index (χ0n) is 13.0. The lowest BCUT2D eigenvalue weighted by molar-refractivity contribution is 0.0696. The summed E-state index contributed by atoms with van der Waals surface area (Å²) >= 11 is 0. The van der Waals surface area contributed by atoms with E-state index < -0.39 is 10.0 Å². The molecule has 1 amide bonds. The molecule has 2 fully saturated rings. The average molecular weight is 326 g/mol. The lowest BCUT2D eigenvalue weighted by atomic mass is 10.1. The first-order valence-corrected chi connectivity index (χ1v) is 9.34. The van der Waals surface area contributed by atoms with Crippen molar-refractivity contribution >= 4 is 15.9 Å². The minimum Gasteiger partial charge on any atom is -0.336 e. The van der Waals surface area contributed by atoms with Crippen molar-refractivity contribution in [3.63, 3.8) is 0 Å². The molecule has 1 saturated heterocycles. The van der Waals surface area contributed by atoms with Gasteiger partial charge in [-0.15, -0.1) is 0 Å². The van der Waals surface area contributed by atoms with Gasteiger partial charge in [0.1, 0.15) is 0 Å². The van der Waals surface area contributed by atoms with Crippen molar-refractivity contribution in [1.29, 1.82) is 0 Å². The smallest absolute Gasteiger partial charge is 0.257 e. The summed E-state index contributed by atoms with van der Waals surface area (Å²) in [6, 6.07) is 0.